The zero-order valence-corrected chi connectivity index (χ0v) is 15.4. The molecule has 8 heteroatoms. The van der Waals surface area contributed by atoms with Gasteiger partial charge in [0.15, 0.2) is 5.82 Å². The number of aromatic nitrogens is 5. The van der Waals surface area contributed by atoms with Gasteiger partial charge in [-0.25, -0.2) is 14.5 Å². The number of pyridine rings is 1. The number of para-hydroxylation sites is 2. The number of hydrogen-bond donors (Lipinski definition) is 1. The van der Waals surface area contributed by atoms with Gasteiger partial charge in [-0.1, -0.05) is 12.1 Å². The smallest absolute Gasteiger partial charge is 0.323 e. The van der Waals surface area contributed by atoms with Gasteiger partial charge in [-0.3, -0.25) is 13.9 Å². The van der Waals surface area contributed by atoms with E-state index in [0.717, 1.165) is 11.0 Å². The summed E-state index contributed by atoms with van der Waals surface area (Å²) in [6.45, 7) is 2.82. The molecular formula is C20H20N6O2. The molecule has 1 aromatic carbocycles. The molecule has 1 amide bonds. The molecule has 0 fully saturated rings. The Kier molecular flexibility index (Phi) is 4.76. The molecule has 0 saturated carbocycles. The van der Waals surface area contributed by atoms with Crippen molar-refractivity contribution < 1.29 is 4.79 Å². The van der Waals surface area contributed by atoms with Gasteiger partial charge in [0.2, 0.25) is 5.91 Å². The summed E-state index contributed by atoms with van der Waals surface area (Å²) in [5, 5.41) is 7.03. The molecule has 1 N–H and O–H groups in total. The van der Waals surface area contributed by atoms with Crippen LogP contribution >= 0.6 is 0 Å². The van der Waals surface area contributed by atoms with E-state index >= 15 is 0 Å². The van der Waals surface area contributed by atoms with Gasteiger partial charge < -0.3 is 5.32 Å². The Morgan fingerprint density at radius 2 is 1.82 bits per heavy atom. The first-order valence-corrected chi connectivity index (χ1v) is 9.12. The summed E-state index contributed by atoms with van der Waals surface area (Å²) in [5.74, 6) is 0.349. The van der Waals surface area contributed by atoms with Crippen LogP contribution in [0.4, 0.5) is 5.69 Å². The Balaban J connectivity index is 1.53. The summed E-state index contributed by atoms with van der Waals surface area (Å²) < 4.78 is 4.95. The lowest BCUT2D eigenvalue weighted by Crippen LogP contribution is -2.26. The first kappa shape index (κ1) is 17.7. The van der Waals surface area contributed by atoms with E-state index in [1.54, 1.807) is 50.6 Å². The summed E-state index contributed by atoms with van der Waals surface area (Å²) in [6, 6.07) is 12.9. The Bertz CT molecular complexity index is 1170. The number of rotatable bonds is 6. The largest absolute Gasteiger partial charge is 0.329 e. The molecule has 0 aliphatic carbocycles. The van der Waals surface area contributed by atoms with Crippen LogP contribution in [-0.4, -0.2) is 29.8 Å². The third kappa shape index (κ3) is 3.20. The van der Waals surface area contributed by atoms with Crippen LogP contribution in [0, 0.1) is 0 Å². The maximum absolute atomic E-state index is 12.7. The minimum atomic E-state index is -0.193. The van der Waals surface area contributed by atoms with Crippen molar-refractivity contribution in [3.8, 4) is 5.82 Å². The second-order valence-electron chi connectivity index (χ2n) is 6.29. The number of imidazole rings is 1. The van der Waals surface area contributed by atoms with E-state index < -0.39 is 0 Å². The van der Waals surface area contributed by atoms with Crippen LogP contribution in [0.25, 0.3) is 16.9 Å². The fourth-order valence-electron chi connectivity index (χ4n) is 3.29. The molecule has 0 aliphatic heterocycles. The van der Waals surface area contributed by atoms with Crippen molar-refractivity contribution in [3.63, 3.8) is 0 Å². The number of amides is 1. The SMILES string of the molecule is CCn1c(=O)n(CCC(=O)Nc2cccnc2-n2cccn2)c2ccccc21. The highest BCUT2D eigenvalue weighted by Crippen LogP contribution is 2.17. The zero-order chi connectivity index (χ0) is 19.5. The topological polar surface area (TPSA) is 86.7 Å². The fourth-order valence-corrected chi connectivity index (χ4v) is 3.29. The van der Waals surface area contributed by atoms with Crippen molar-refractivity contribution in [2.24, 2.45) is 0 Å². The lowest BCUT2D eigenvalue weighted by molar-refractivity contribution is -0.116. The summed E-state index contributed by atoms with van der Waals surface area (Å²) in [4.78, 5) is 29.5. The third-order valence-corrected chi connectivity index (χ3v) is 4.59. The van der Waals surface area contributed by atoms with Crippen molar-refractivity contribution in [2.75, 3.05) is 5.32 Å². The Labute approximate surface area is 161 Å². The molecule has 0 bridgehead atoms. The van der Waals surface area contributed by atoms with Crippen molar-refractivity contribution in [2.45, 2.75) is 26.4 Å². The first-order valence-electron chi connectivity index (χ1n) is 9.12. The van der Waals surface area contributed by atoms with Crippen LogP contribution in [0.2, 0.25) is 0 Å². The van der Waals surface area contributed by atoms with E-state index in [9.17, 15) is 9.59 Å². The first-order chi connectivity index (χ1) is 13.7. The summed E-state index contributed by atoms with van der Waals surface area (Å²) in [6.07, 6.45) is 5.23. The number of carbonyl (C=O) groups excluding carboxylic acids is 1. The highest BCUT2D eigenvalue weighted by atomic mass is 16.2. The number of nitrogens with zero attached hydrogens (tertiary/aromatic N) is 5. The van der Waals surface area contributed by atoms with Gasteiger partial charge in [0, 0.05) is 38.1 Å². The number of fused-ring (bicyclic) bond motifs is 1. The Hall–Kier alpha value is -3.68. The van der Waals surface area contributed by atoms with Crippen LogP contribution in [-0.2, 0) is 17.9 Å². The molecule has 0 saturated heterocycles. The molecule has 8 nitrogen and oxygen atoms in total. The van der Waals surface area contributed by atoms with Gasteiger partial charge in [0.05, 0.1) is 16.7 Å². The second-order valence-corrected chi connectivity index (χ2v) is 6.29. The number of hydrogen-bond acceptors (Lipinski definition) is 4. The van der Waals surface area contributed by atoms with Crippen molar-refractivity contribution >= 4 is 22.6 Å². The minimum Gasteiger partial charge on any atom is -0.323 e. The van der Waals surface area contributed by atoms with Gasteiger partial charge >= 0.3 is 5.69 Å². The normalized spacial score (nSPS) is 11.0. The van der Waals surface area contributed by atoms with Gasteiger partial charge in [0.1, 0.15) is 0 Å². The highest BCUT2D eigenvalue weighted by molar-refractivity contribution is 5.92. The number of carbonyl (C=O) groups is 1. The van der Waals surface area contributed by atoms with Crippen molar-refractivity contribution in [3.05, 3.63) is 71.5 Å². The molecule has 0 radical (unpaired) electrons. The van der Waals surface area contributed by atoms with Gasteiger partial charge in [0.25, 0.3) is 0 Å². The van der Waals surface area contributed by atoms with Crippen LogP contribution in [0.1, 0.15) is 13.3 Å². The highest BCUT2D eigenvalue weighted by Gasteiger charge is 2.14. The number of nitrogens with one attached hydrogen (secondary N) is 1. The molecule has 0 spiro atoms. The lowest BCUT2D eigenvalue weighted by atomic mass is 10.3. The summed E-state index contributed by atoms with van der Waals surface area (Å²) in [7, 11) is 0. The van der Waals surface area contributed by atoms with E-state index in [1.165, 1.54) is 0 Å². The number of anilines is 1. The summed E-state index contributed by atoms with van der Waals surface area (Å²) in [5.41, 5.74) is 2.18. The van der Waals surface area contributed by atoms with E-state index in [4.69, 9.17) is 0 Å². The molecule has 28 heavy (non-hydrogen) atoms. The Morgan fingerprint density at radius 1 is 1.04 bits per heavy atom. The molecule has 0 atom stereocenters. The second kappa shape index (κ2) is 7.51. The predicted molar refractivity (Wildman–Crippen MR) is 106 cm³/mol. The van der Waals surface area contributed by atoms with Crippen LogP contribution in [0.15, 0.2) is 65.8 Å². The van der Waals surface area contributed by atoms with Crippen molar-refractivity contribution in [1.29, 1.82) is 0 Å². The fraction of sp³-hybridized carbons (Fsp3) is 0.200. The maximum Gasteiger partial charge on any atom is 0.329 e. The molecule has 0 unspecified atom stereocenters. The van der Waals surface area contributed by atoms with E-state index in [2.05, 4.69) is 15.4 Å². The lowest BCUT2D eigenvalue weighted by Gasteiger charge is -2.10. The maximum atomic E-state index is 12.7. The van der Waals surface area contributed by atoms with Gasteiger partial charge in [-0.15, -0.1) is 0 Å². The summed E-state index contributed by atoms with van der Waals surface area (Å²) >= 11 is 0. The van der Waals surface area contributed by atoms with Crippen LogP contribution < -0.4 is 11.0 Å². The number of benzene rings is 1. The van der Waals surface area contributed by atoms with Crippen molar-refractivity contribution in [1.82, 2.24) is 23.9 Å². The molecular weight excluding hydrogens is 356 g/mol. The molecule has 4 aromatic rings. The third-order valence-electron chi connectivity index (χ3n) is 4.59. The van der Waals surface area contributed by atoms with E-state index in [-0.39, 0.29) is 18.0 Å². The average Bonchev–Trinajstić information content (AvgIpc) is 3.33. The zero-order valence-electron chi connectivity index (χ0n) is 15.4. The number of aryl methyl sites for hydroxylation is 2. The molecule has 0 aliphatic rings. The van der Waals surface area contributed by atoms with Crippen LogP contribution in [0.5, 0.6) is 0 Å². The molecule has 4 rings (SSSR count). The van der Waals surface area contributed by atoms with E-state index in [0.29, 0.717) is 24.6 Å². The standard InChI is InChI=1S/C20H20N6O2/c1-2-24-16-8-3-4-9-17(16)25(20(24)28)14-10-18(27)23-15-7-5-11-21-19(15)26-13-6-12-22-26/h3-9,11-13H,2,10,14H2,1H3,(H,23,27). The van der Waals surface area contributed by atoms with Crippen LogP contribution in [0.3, 0.4) is 0 Å². The monoisotopic (exact) mass is 376 g/mol. The molecule has 142 valence electrons. The van der Waals surface area contributed by atoms with E-state index in [1.807, 2.05) is 31.2 Å². The molecule has 3 aromatic heterocycles. The van der Waals surface area contributed by atoms with Gasteiger partial charge in [-0.05, 0) is 37.3 Å². The molecule has 3 heterocycles. The quantitative estimate of drug-likeness (QED) is 0.560. The Morgan fingerprint density at radius 3 is 2.54 bits per heavy atom. The average molecular weight is 376 g/mol. The predicted octanol–water partition coefficient (Wildman–Crippen LogP) is 2.43. The van der Waals surface area contributed by atoms with Gasteiger partial charge in [-0.2, -0.15) is 5.10 Å². The minimum absolute atomic E-state index is 0.102.